The van der Waals surface area contributed by atoms with Crippen LogP contribution in [0.3, 0.4) is 0 Å². The summed E-state index contributed by atoms with van der Waals surface area (Å²) < 4.78 is 5.80. The molecule has 5 heteroatoms. The fourth-order valence-corrected chi connectivity index (χ4v) is 3.40. The third kappa shape index (κ3) is 1.93. The van der Waals surface area contributed by atoms with Crippen LogP contribution in [0, 0.1) is 0 Å². The van der Waals surface area contributed by atoms with Crippen LogP contribution in [0.1, 0.15) is 23.2 Å². The lowest BCUT2D eigenvalue weighted by atomic mass is 10.1. The highest BCUT2D eigenvalue weighted by Gasteiger charge is 2.36. The van der Waals surface area contributed by atoms with Crippen LogP contribution in [0.2, 0.25) is 0 Å². The van der Waals surface area contributed by atoms with E-state index in [0.29, 0.717) is 0 Å². The van der Waals surface area contributed by atoms with Crippen molar-refractivity contribution in [3.63, 3.8) is 0 Å². The summed E-state index contributed by atoms with van der Waals surface area (Å²) in [6, 6.07) is 5.88. The zero-order chi connectivity index (χ0) is 13.5. The van der Waals surface area contributed by atoms with Gasteiger partial charge in [-0.25, -0.2) is 0 Å². The van der Waals surface area contributed by atoms with Crippen molar-refractivity contribution in [3.05, 3.63) is 23.8 Å². The maximum absolute atomic E-state index is 12.8. The summed E-state index contributed by atoms with van der Waals surface area (Å²) in [5.41, 5.74) is 2.75. The lowest BCUT2D eigenvalue weighted by molar-refractivity contribution is -0.0303. The zero-order valence-corrected chi connectivity index (χ0v) is 11.4. The van der Waals surface area contributed by atoms with Crippen molar-refractivity contribution in [2.24, 2.45) is 0 Å². The number of morpholine rings is 1. The van der Waals surface area contributed by atoms with Gasteiger partial charge in [0.1, 0.15) is 0 Å². The number of hydrogen-bond acceptors (Lipinski definition) is 4. The molecular weight excluding hydrogens is 254 g/mol. The van der Waals surface area contributed by atoms with Crippen molar-refractivity contribution in [1.82, 2.24) is 4.90 Å². The number of benzene rings is 1. The average Bonchev–Trinajstić information content (AvgIpc) is 2.84. The van der Waals surface area contributed by atoms with Crippen LogP contribution in [-0.2, 0) is 4.74 Å². The van der Waals surface area contributed by atoms with Gasteiger partial charge in [-0.05, 0) is 25.0 Å². The van der Waals surface area contributed by atoms with Gasteiger partial charge in [0, 0.05) is 26.2 Å². The molecule has 4 rings (SSSR count). The Kier molecular flexibility index (Phi) is 2.80. The molecule has 1 aromatic rings. The third-order valence-electron chi connectivity index (χ3n) is 4.37. The summed E-state index contributed by atoms with van der Waals surface area (Å²) in [5, 5.41) is 6.68. The number of carbonyl (C=O) groups is 1. The van der Waals surface area contributed by atoms with E-state index in [0.717, 1.165) is 56.0 Å². The van der Waals surface area contributed by atoms with E-state index in [1.54, 1.807) is 0 Å². The van der Waals surface area contributed by atoms with Gasteiger partial charge in [0.15, 0.2) is 0 Å². The molecule has 3 aliphatic heterocycles. The van der Waals surface area contributed by atoms with E-state index in [4.69, 9.17) is 4.74 Å². The zero-order valence-electron chi connectivity index (χ0n) is 11.4. The van der Waals surface area contributed by atoms with Crippen LogP contribution in [0.5, 0.6) is 0 Å². The van der Waals surface area contributed by atoms with Crippen molar-refractivity contribution in [3.8, 4) is 0 Å². The molecule has 1 amide bonds. The second-order valence-corrected chi connectivity index (χ2v) is 5.75. The Balaban J connectivity index is 1.62. The Hall–Kier alpha value is -1.75. The SMILES string of the molecule is O=C(c1cccc2c1NCCN2)N1CC2CCC(C1)O2. The molecule has 0 aromatic heterocycles. The summed E-state index contributed by atoms with van der Waals surface area (Å²) in [5.74, 6) is 0.123. The molecule has 2 atom stereocenters. The summed E-state index contributed by atoms with van der Waals surface area (Å²) in [6.07, 6.45) is 2.65. The minimum absolute atomic E-state index is 0.123. The molecule has 2 N–H and O–H groups in total. The Morgan fingerprint density at radius 2 is 1.90 bits per heavy atom. The Bertz CT molecular complexity index is 534. The number of anilines is 2. The molecule has 3 heterocycles. The lowest BCUT2D eigenvalue weighted by Crippen LogP contribution is -2.46. The Labute approximate surface area is 118 Å². The Morgan fingerprint density at radius 1 is 1.15 bits per heavy atom. The van der Waals surface area contributed by atoms with E-state index in [1.165, 1.54) is 0 Å². The van der Waals surface area contributed by atoms with Crippen molar-refractivity contribution in [2.75, 3.05) is 36.8 Å². The number of para-hydroxylation sites is 1. The van der Waals surface area contributed by atoms with E-state index in [-0.39, 0.29) is 18.1 Å². The number of likely N-dealkylation sites (tertiary alicyclic amines) is 1. The highest BCUT2D eigenvalue weighted by molar-refractivity contribution is 6.02. The van der Waals surface area contributed by atoms with Crippen LogP contribution in [-0.4, -0.2) is 49.2 Å². The van der Waals surface area contributed by atoms with Crippen molar-refractivity contribution >= 4 is 17.3 Å². The maximum Gasteiger partial charge on any atom is 0.256 e. The van der Waals surface area contributed by atoms with Gasteiger partial charge in [0.25, 0.3) is 5.91 Å². The molecule has 2 bridgehead atoms. The molecule has 0 saturated carbocycles. The van der Waals surface area contributed by atoms with Crippen LogP contribution in [0.15, 0.2) is 18.2 Å². The molecular formula is C15H19N3O2. The highest BCUT2D eigenvalue weighted by Crippen LogP contribution is 2.32. The molecule has 1 aromatic carbocycles. The summed E-state index contributed by atoms with van der Waals surface area (Å²) >= 11 is 0. The number of rotatable bonds is 1. The van der Waals surface area contributed by atoms with Gasteiger partial charge in [-0.3, -0.25) is 4.79 Å². The number of amides is 1. The number of carbonyl (C=O) groups excluding carboxylic acids is 1. The number of hydrogen-bond donors (Lipinski definition) is 2. The first kappa shape index (κ1) is 12.0. The largest absolute Gasteiger partial charge is 0.382 e. The van der Waals surface area contributed by atoms with E-state index in [9.17, 15) is 4.79 Å². The fourth-order valence-electron chi connectivity index (χ4n) is 3.40. The monoisotopic (exact) mass is 273 g/mol. The summed E-state index contributed by atoms with van der Waals surface area (Å²) in [7, 11) is 0. The van der Waals surface area contributed by atoms with Crippen molar-refractivity contribution in [1.29, 1.82) is 0 Å². The van der Waals surface area contributed by atoms with Gasteiger partial charge in [-0.1, -0.05) is 6.07 Å². The topological polar surface area (TPSA) is 53.6 Å². The second-order valence-electron chi connectivity index (χ2n) is 5.75. The molecule has 2 fully saturated rings. The first-order valence-corrected chi connectivity index (χ1v) is 7.37. The van der Waals surface area contributed by atoms with Crippen LogP contribution in [0.4, 0.5) is 11.4 Å². The Morgan fingerprint density at radius 3 is 2.70 bits per heavy atom. The smallest absolute Gasteiger partial charge is 0.256 e. The number of fused-ring (bicyclic) bond motifs is 3. The number of ether oxygens (including phenoxy) is 1. The van der Waals surface area contributed by atoms with Gasteiger partial charge in [-0.2, -0.15) is 0 Å². The fraction of sp³-hybridized carbons (Fsp3) is 0.533. The predicted octanol–water partition coefficient (Wildman–Crippen LogP) is 1.53. The van der Waals surface area contributed by atoms with Crippen LogP contribution >= 0.6 is 0 Å². The van der Waals surface area contributed by atoms with E-state index >= 15 is 0 Å². The standard InChI is InChI=1S/C15H19N3O2/c19-15(18-8-10-4-5-11(9-18)20-10)12-2-1-3-13-14(12)17-7-6-16-13/h1-3,10-11,16-17H,4-9H2. The van der Waals surface area contributed by atoms with Gasteiger partial charge >= 0.3 is 0 Å². The normalized spacial score (nSPS) is 27.5. The first-order chi connectivity index (χ1) is 9.81. The maximum atomic E-state index is 12.8. The van der Waals surface area contributed by atoms with Gasteiger partial charge < -0.3 is 20.3 Å². The molecule has 3 aliphatic rings. The molecule has 20 heavy (non-hydrogen) atoms. The molecule has 2 saturated heterocycles. The first-order valence-electron chi connectivity index (χ1n) is 7.37. The van der Waals surface area contributed by atoms with E-state index in [1.807, 2.05) is 23.1 Å². The summed E-state index contributed by atoms with van der Waals surface area (Å²) in [4.78, 5) is 14.7. The molecule has 0 radical (unpaired) electrons. The predicted molar refractivity (Wildman–Crippen MR) is 77.2 cm³/mol. The van der Waals surface area contributed by atoms with Crippen molar-refractivity contribution < 1.29 is 9.53 Å². The van der Waals surface area contributed by atoms with E-state index in [2.05, 4.69) is 10.6 Å². The lowest BCUT2D eigenvalue weighted by Gasteiger charge is -2.33. The van der Waals surface area contributed by atoms with Crippen LogP contribution < -0.4 is 10.6 Å². The molecule has 106 valence electrons. The van der Waals surface area contributed by atoms with Crippen molar-refractivity contribution in [2.45, 2.75) is 25.0 Å². The number of nitrogens with zero attached hydrogens (tertiary/aromatic N) is 1. The highest BCUT2D eigenvalue weighted by atomic mass is 16.5. The number of nitrogens with one attached hydrogen (secondary N) is 2. The van der Waals surface area contributed by atoms with E-state index < -0.39 is 0 Å². The summed E-state index contributed by atoms with van der Waals surface area (Å²) in [6.45, 7) is 3.21. The molecule has 5 nitrogen and oxygen atoms in total. The minimum atomic E-state index is 0.123. The van der Waals surface area contributed by atoms with Gasteiger partial charge in [-0.15, -0.1) is 0 Å². The third-order valence-corrected chi connectivity index (χ3v) is 4.37. The minimum Gasteiger partial charge on any atom is -0.382 e. The van der Waals surface area contributed by atoms with Gasteiger partial charge in [0.2, 0.25) is 0 Å². The molecule has 0 aliphatic carbocycles. The molecule has 2 unspecified atom stereocenters. The average molecular weight is 273 g/mol. The van der Waals surface area contributed by atoms with Crippen LogP contribution in [0.25, 0.3) is 0 Å². The second kappa shape index (κ2) is 4.66. The molecule has 0 spiro atoms. The van der Waals surface area contributed by atoms with Gasteiger partial charge in [0.05, 0.1) is 29.1 Å². The quantitative estimate of drug-likeness (QED) is 0.815.